The van der Waals surface area contributed by atoms with Gasteiger partial charge in [-0.2, -0.15) is 0 Å². The van der Waals surface area contributed by atoms with Gasteiger partial charge in [-0.15, -0.1) is 0 Å². The van der Waals surface area contributed by atoms with Crippen molar-refractivity contribution in [3.63, 3.8) is 0 Å². The van der Waals surface area contributed by atoms with Gasteiger partial charge in [0.25, 0.3) is 0 Å². The molecule has 1 aliphatic heterocycles. The minimum Gasteiger partial charge on any atom is -0.479 e. The van der Waals surface area contributed by atoms with Crippen LogP contribution in [0.2, 0.25) is 0 Å². The summed E-state index contributed by atoms with van der Waals surface area (Å²) < 4.78 is 44.2. The fourth-order valence-electron chi connectivity index (χ4n) is 8.19. The number of allylic oxidation sites excluding steroid dienone is 4. The largest absolute Gasteiger partial charge is 0.479 e. The summed E-state index contributed by atoms with van der Waals surface area (Å²) in [6.45, 7) is 8.36. The van der Waals surface area contributed by atoms with Crippen molar-refractivity contribution in [2.45, 2.75) is 83.1 Å². The van der Waals surface area contributed by atoms with Gasteiger partial charge in [0.05, 0.1) is 6.10 Å². The van der Waals surface area contributed by atoms with E-state index in [0.717, 1.165) is 6.08 Å². The van der Waals surface area contributed by atoms with E-state index in [4.69, 9.17) is 9.47 Å². The zero-order chi connectivity index (χ0) is 23.6. The van der Waals surface area contributed by atoms with E-state index in [1.165, 1.54) is 13.0 Å². The van der Waals surface area contributed by atoms with Gasteiger partial charge in [-0.3, -0.25) is 4.79 Å². The monoisotopic (exact) mass is 452 g/mol. The van der Waals surface area contributed by atoms with Crippen LogP contribution in [0.3, 0.4) is 0 Å². The second kappa shape index (κ2) is 6.07. The summed E-state index contributed by atoms with van der Waals surface area (Å²) in [5.74, 6) is -5.71. The summed E-state index contributed by atoms with van der Waals surface area (Å²) in [5, 5.41) is 21.7. The molecular weight excluding hydrogens is 422 g/mol. The molecule has 0 bridgehead atoms. The number of carbonyl (C=O) groups excluding carboxylic acids is 1. The third-order valence-electron chi connectivity index (χ3n) is 9.34. The van der Waals surface area contributed by atoms with E-state index in [9.17, 15) is 24.2 Å². The average molecular weight is 452 g/mol. The Morgan fingerprint density at radius 3 is 2.47 bits per heavy atom. The van der Waals surface area contributed by atoms with Crippen LogP contribution < -0.4 is 0 Å². The highest BCUT2D eigenvalue weighted by Crippen LogP contribution is 2.73. The van der Waals surface area contributed by atoms with E-state index >= 15 is 4.39 Å². The maximum absolute atomic E-state index is 17.2. The molecule has 1 heterocycles. The smallest absolute Gasteiger partial charge is 0.339 e. The number of hydrogen-bond donors (Lipinski definition) is 2. The molecule has 0 aromatic carbocycles. The molecule has 1 saturated heterocycles. The Bertz CT molecular complexity index is 989. The molecule has 9 atom stereocenters. The van der Waals surface area contributed by atoms with Crippen molar-refractivity contribution in [2.24, 2.45) is 28.6 Å². The molecule has 3 saturated carbocycles. The number of ketones is 1. The summed E-state index contributed by atoms with van der Waals surface area (Å²) in [6.07, 6.45) is 0.358. The molecule has 4 fully saturated rings. The fraction of sp³-hybridized carbons (Fsp3) is 0.750. The number of aliphatic carboxylic acids is 1. The lowest BCUT2D eigenvalue weighted by Crippen LogP contribution is -2.70. The lowest BCUT2D eigenvalue weighted by Gasteiger charge is -2.63. The average Bonchev–Trinajstić information content (AvgIpc) is 3.08. The molecule has 0 amide bonds. The predicted octanol–water partition coefficient (Wildman–Crippen LogP) is 3.49. The van der Waals surface area contributed by atoms with Crippen molar-refractivity contribution in [1.82, 2.24) is 0 Å². The minimum absolute atomic E-state index is 0.0891. The maximum Gasteiger partial charge on any atom is 0.339 e. The van der Waals surface area contributed by atoms with E-state index in [1.54, 1.807) is 27.7 Å². The van der Waals surface area contributed by atoms with Crippen LogP contribution in [-0.2, 0) is 19.1 Å². The van der Waals surface area contributed by atoms with Gasteiger partial charge in [0.15, 0.2) is 22.9 Å². The minimum atomic E-state index is -2.26. The Morgan fingerprint density at radius 2 is 1.84 bits per heavy atom. The van der Waals surface area contributed by atoms with Crippen molar-refractivity contribution < 1.29 is 38.1 Å². The normalized spacial score (nSPS) is 53.5. The van der Waals surface area contributed by atoms with Gasteiger partial charge in [0, 0.05) is 16.7 Å². The molecule has 0 radical (unpaired) electrons. The Hall–Kier alpha value is -1.64. The molecule has 5 aliphatic rings. The van der Waals surface area contributed by atoms with Crippen LogP contribution in [0.1, 0.15) is 53.9 Å². The zero-order valence-corrected chi connectivity index (χ0v) is 18.9. The highest BCUT2D eigenvalue weighted by atomic mass is 19.1. The number of fused-ring (bicyclic) bond motifs is 7. The van der Waals surface area contributed by atoms with E-state index in [1.807, 2.05) is 0 Å². The molecule has 32 heavy (non-hydrogen) atoms. The number of ether oxygens (including phenoxy) is 2. The van der Waals surface area contributed by atoms with E-state index < -0.39 is 75.4 Å². The van der Waals surface area contributed by atoms with E-state index in [2.05, 4.69) is 0 Å². The first kappa shape index (κ1) is 22.2. The van der Waals surface area contributed by atoms with Crippen LogP contribution in [0.25, 0.3) is 0 Å². The van der Waals surface area contributed by atoms with Crippen molar-refractivity contribution in [3.8, 4) is 0 Å². The molecule has 4 aliphatic carbocycles. The second-order valence-electron chi connectivity index (χ2n) is 11.3. The third-order valence-corrected chi connectivity index (χ3v) is 9.34. The van der Waals surface area contributed by atoms with Gasteiger partial charge >= 0.3 is 5.97 Å². The summed E-state index contributed by atoms with van der Waals surface area (Å²) in [7, 11) is 0. The van der Waals surface area contributed by atoms with E-state index in [-0.39, 0.29) is 24.8 Å². The number of alkyl halides is 1. The number of aliphatic hydroxyl groups is 1. The van der Waals surface area contributed by atoms with Gasteiger partial charge < -0.3 is 19.7 Å². The standard InChI is InChI=1S/C24H30F2O6/c1-11-8-13-12-9-16-24(19(29)30,32-20(2,3)31-16)22(12,5)10-15(28)23(13,26)21(4)7-6-14(27)18(25)17(11)21/h6-7,11-13,15-16,28H,8-10H2,1-5H3,(H,29,30)/t11-,12-,13-,15-,16+,21-,22-,23-,24-/m0/s1. The van der Waals surface area contributed by atoms with Crippen LogP contribution in [0, 0.1) is 28.6 Å². The Labute approximate surface area is 185 Å². The van der Waals surface area contributed by atoms with Gasteiger partial charge in [-0.05, 0) is 63.5 Å². The molecule has 0 aromatic rings. The highest BCUT2D eigenvalue weighted by molar-refractivity contribution is 6.04. The quantitative estimate of drug-likeness (QED) is 0.633. The van der Waals surface area contributed by atoms with Crippen molar-refractivity contribution >= 4 is 11.8 Å². The topological polar surface area (TPSA) is 93.1 Å². The van der Waals surface area contributed by atoms with E-state index in [0.29, 0.717) is 0 Å². The summed E-state index contributed by atoms with van der Waals surface area (Å²) in [6, 6.07) is 0. The first-order chi connectivity index (χ1) is 14.7. The van der Waals surface area contributed by atoms with Crippen molar-refractivity contribution in [1.29, 1.82) is 0 Å². The third kappa shape index (κ3) is 2.19. The number of rotatable bonds is 1. The van der Waals surface area contributed by atoms with Gasteiger partial charge in [0.2, 0.25) is 5.78 Å². The second-order valence-corrected chi connectivity index (χ2v) is 11.3. The number of halogens is 2. The molecule has 2 N–H and O–H groups in total. The summed E-state index contributed by atoms with van der Waals surface area (Å²) >= 11 is 0. The lowest BCUT2D eigenvalue weighted by molar-refractivity contribution is -0.253. The highest BCUT2D eigenvalue weighted by Gasteiger charge is 2.81. The SMILES string of the molecule is C[C@H]1C[C@H]2[C@@H]3C[C@H]4OC(C)(C)O[C@@]4(C(=O)O)[C@@]3(C)C[C@H](O)[C@]2(F)[C@@]2(C)C=CC(=O)C(F)=C12. The number of hydrogen-bond acceptors (Lipinski definition) is 5. The number of carboxylic acids is 1. The van der Waals surface area contributed by atoms with Crippen LogP contribution in [0.5, 0.6) is 0 Å². The number of carboxylic acid groups (broad SMARTS) is 1. The van der Waals surface area contributed by atoms with Crippen LogP contribution in [0.4, 0.5) is 8.78 Å². The first-order valence-electron chi connectivity index (χ1n) is 11.3. The fourth-order valence-corrected chi connectivity index (χ4v) is 8.19. The first-order valence-corrected chi connectivity index (χ1v) is 11.3. The van der Waals surface area contributed by atoms with Crippen LogP contribution in [-0.4, -0.2) is 51.2 Å². The number of carbonyl (C=O) groups is 2. The molecular formula is C24H30F2O6. The van der Waals surface area contributed by atoms with Gasteiger partial charge in [-0.1, -0.05) is 19.9 Å². The predicted molar refractivity (Wildman–Crippen MR) is 109 cm³/mol. The molecule has 8 heteroatoms. The maximum atomic E-state index is 17.2. The molecule has 5 rings (SSSR count). The van der Waals surface area contributed by atoms with Gasteiger partial charge in [-0.25, -0.2) is 13.6 Å². The Kier molecular flexibility index (Phi) is 4.21. The van der Waals surface area contributed by atoms with Gasteiger partial charge in [0.1, 0.15) is 6.10 Å². The lowest BCUT2D eigenvalue weighted by atomic mass is 9.43. The molecule has 6 nitrogen and oxygen atoms in total. The van der Waals surface area contributed by atoms with Crippen LogP contribution >= 0.6 is 0 Å². The number of aliphatic hydroxyl groups excluding tert-OH is 1. The van der Waals surface area contributed by atoms with Crippen molar-refractivity contribution in [3.05, 3.63) is 23.6 Å². The molecule has 0 spiro atoms. The Balaban J connectivity index is 1.68. The van der Waals surface area contributed by atoms with Crippen LogP contribution in [0.15, 0.2) is 23.6 Å². The zero-order valence-electron chi connectivity index (χ0n) is 18.9. The molecule has 0 unspecified atom stereocenters. The molecule has 0 aromatic heterocycles. The molecule has 176 valence electrons. The summed E-state index contributed by atoms with van der Waals surface area (Å²) in [4.78, 5) is 24.7. The Morgan fingerprint density at radius 1 is 1.19 bits per heavy atom. The van der Waals surface area contributed by atoms with Crippen molar-refractivity contribution in [2.75, 3.05) is 0 Å². The summed E-state index contributed by atoms with van der Waals surface area (Å²) in [5.41, 5.74) is -6.50.